The lowest BCUT2D eigenvalue weighted by atomic mass is 9.86. The average Bonchev–Trinajstić information content (AvgIpc) is 2.76. The van der Waals surface area contributed by atoms with E-state index < -0.39 is 11.8 Å². The number of carboxylic acid groups (broad SMARTS) is 1. The van der Waals surface area contributed by atoms with Crippen molar-refractivity contribution in [2.45, 2.75) is 31.7 Å². The maximum Gasteiger partial charge on any atom is 0.306 e. The SMILES string of the molecule is O=C(O)C1CCC(Nc2ncc(F)c(-c3cccc(-n4ccccc4=O)n3)n2)CC1. The van der Waals surface area contributed by atoms with E-state index in [0.717, 1.165) is 6.20 Å². The lowest BCUT2D eigenvalue weighted by molar-refractivity contribution is -0.142. The Morgan fingerprint density at radius 1 is 1.10 bits per heavy atom. The van der Waals surface area contributed by atoms with E-state index in [9.17, 15) is 14.0 Å². The molecule has 0 unspecified atom stereocenters. The first-order chi connectivity index (χ1) is 14.5. The van der Waals surface area contributed by atoms with Crippen LogP contribution in [-0.2, 0) is 4.79 Å². The molecular formula is C21H20FN5O3. The maximum absolute atomic E-state index is 14.5. The third-order valence-corrected chi connectivity index (χ3v) is 5.20. The van der Waals surface area contributed by atoms with Crippen molar-refractivity contribution in [3.05, 3.63) is 65.0 Å². The molecule has 0 aliphatic heterocycles. The van der Waals surface area contributed by atoms with Gasteiger partial charge in [0.2, 0.25) is 5.95 Å². The third-order valence-electron chi connectivity index (χ3n) is 5.20. The van der Waals surface area contributed by atoms with Crippen molar-refractivity contribution >= 4 is 11.9 Å². The molecule has 0 spiro atoms. The molecular weight excluding hydrogens is 389 g/mol. The number of pyridine rings is 2. The van der Waals surface area contributed by atoms with E-state index in [1.54, 1.807) is 36.5 Å². The summed E-state index contributed by atoms with van der Waals surface area (Å²) in [6.07, 6.45) is 5.18. The number of nitrogens with zero attached hydrogens (tertiary/aromatic N) is 4. The number of aromatic nitrogens is 4. The zero-order valence-electron chi connectivity index (χ0n) is 16.0. The first kappa shape index (κ1) is 19.7. The molecule has 1 fully saturated rings. The molecule has 0 bridgehead atoms. The van der Waals surface area contributed by atoms with E-state index in [2.05, 4.69) is 20.3 Å². The van der Waals surface area contributed by atoms with Crippen LogP contribution in [0.4, 0.5) is 10.3 Å². The molecule has 0 aromatic carbocycles. The normalized spacial score (nSPS) is 18.7. The maximum atomic E-state index is 14.5. The first-order valence-electron chi connectivity index (χ1n) is 9.68. The molecule has 154 valence electrons. The van der Waals surface area contributed by atoms with Gasteiger partial charge in [-0.2, -0.15) is 0 Å². The summed E-state index contributed by atoms with van der Waals surface area (Å²) < 4.78 is 15.8. The molecule has 2 N–H and O–H groups in total. The van der Waals surface area contributed by atoms with Gasteiger partial charge >= 0.3 is 5.97 Å². The summed E-state index contributed by atoms with van der Waals surface area (Å²) in [6.45, 7) is 0. The Hall–Kier alpha value is -3.62. The quantitative estimate of drug-likeness (QED) is 0.667. The monoisotopic (exact) mass is 409 g/mol. The molecule has 1 saturated carbocycles. The number of anilines is 1. The van der Waals surface area contributed by atoms with E-state index in [0.29, 0.717) is 31.5 Å². The zero-order chi connectivity index (χ0) is 21.1. The molecule has 0 radical (unpaired) electrons. The summed E-state index contributed by atoms with van der Waals surface area (Å²) in [4.78, 5) is 35.8. The van der Waals surface area contributed by atoms with Crippen molar-refractivity contribution in [3.8, 4) is 17.2 Å². The van der Waals surface area contributed by atoms with Gasteiger partial charge in [-0.1, -0.05) is 12.1 Å². The summed E-state index contributed by atoms with van der Waals surface area (Å²) >= 11 is 0. The van der Waals surface area contributed by atoms with Gasteiger partial charge in [-0.25, -0.2) is 19.3 Å². The standard InChI is InChI=1S/C21H20FN5O3/c22-15-12-23-21(24-14-9-7-13(8-10-14)20(29)30)26-19(15)16-4-3-5-17(25-16)27-11-2-1-6-18(27)28/h1-6,11-14H,7-10H2,(H,29,30)(H,23,24,26). The van der Waals surface area contributed by atoms with E-state index in [1.165, 1.54) is 10.6 Å². The number of rotatable bonds is 5. The van der Waals surface area contributed by atoms with Crippen molar-refractivity contribution in [3.63, 3.8) is 0 Å². The van der Waals surface area contributed by atoms with Crippen molar-refractivity contribution in [1.29, 1.82) is 0 Å². The summed E-state index contributed by atoms with van der Waals surface area (Å²) in [5.41, 5.74) is 0.0583. The van der Waals surface area contributed by atoms with E-state index >= 15 is 0 Å². The van der Waals surface area contributed by atoms with Crippen LogP contribution >= 0.6 is 0 Å². The highest BCUT2D eigenvalue weighted by Crippen LogP contribution is 2.27. The smallest absolute Gasteiger partial charge is 0.306 e. The summed E-state index contributed by atoms with van der Waals surface area (Å²) in [6, 6.07) is 9.74. The molecule has 3 aromatic rings. The molecule has 0 saturated heterocycles. The van der Waals surface area contributed by atoms with Crippen LogP contribution in [0.5, 0.6) is 0 Å². The van der Waals surface area contributed by atoms with E-state index in [1.807, 2.05) is 0 Å². The van der Waals surface area contributed by atoms with Crippen molar-refractivity contribution < 1.29 is 14.3 Å². The second-order valence-electron chi connectivity index (χ2n) is 7.21. The highest BCUT2D eigenvalue weighted by Gasteiger charge is 2.26. The number of carbonyl (C=O) groups is 1. The Labute approximate surface area is 171 Å². The van der Waals surface area contributed by atoms with Crippen LogP contribution in [-0.4, -0.2) is 36.6 Å². The van der Waals surface area contributed by atoms with Gasteiger partial charge in [0, 0.05) is 18.3 Å². The second-order valence-corrected chi connectivity index (χ2v) is 7.21. The van der Waals surface area contributed by atoms with Crippen LogP contribution in [0.3, 0.4) is 0 Å². The lowest BCUT2D eigenvalue weighted by Crippen LogP contribution is -2.30. The van der Waals surface area contributed by atoms with Crippen LogP contribution in [0, 0.1) is 11.7 Å². The van der Waals surface area contributed by atoms with Crippen molar-refractivity contribution in [2.24, 2.45) is 5.92 Å². The second kappa shape index (κ2) is 8.40. The Bertz CT molecular complexity index is 1130. The number of aliphatic carboxylic acids is 1. The molecule has 0 atom stereocenters. The van der Waals surface area contributed by atoms with Crippen LogP contribution in [0.2, 0.25) is 0 Å². The molecule has 1 aliphatic carbocycles. The van der Waals surface area contributed by atoms with Gasteiger partial charge in [0.1, 0.15) is 11.5 Å². The number of carboxylic acids is 1. The molecule has 3 aromatic heterocycles. The molecule has 9 heteroatoms. The predicted molar refractivity (Wildman–Crippen MR) is 108 cm³/mol. The van der Waals surface area contributed by atoms with Gasteiger partial charge in [0.25, 0.3) is 5.56 Å². The molecule has 30 heavy (non-hydrogen) atoms. The Kier molecular flexibility index (Phi) is 5.51. The number of halogens is 1. The lowest BCUT2D eigenvalue weighted by Gasteiger charge is -2.26. The minimum Gasteiger partial charge on any atom is -0.481 e. The topological polar surface area (TPSA) is 110 Å². The van der Waals surface area contributed by atoms with Crippen molar-refractivity contribution in [2.75, 3.05) is 5.32 Å². The minimum absolute atomic E-state index is 0.0255. The average molecular weight is 409 g/mol. The van der Waals surface area contributed by atoms with Crippen LogP contribution in [0.25, 0.3) is 17.2 Å². The molecule has 3 heterocycles. The highest BCUT2D eigenvalue weighted by molar-refractivity contribution is 5.70. The predicted octanol–water partition coefficient (Wildman–Crippen LogP) is 2.88. The minimum atomic E-state index is -0.766. The number of hydrogen-bond donors (Lipinski definition) is 2. The number of hydrogen-bond acceptors (Lipinski definition) is 6. The van der Waals surface area contributed by atoms with Crippen LogP contribution in [0.15, 0.2) is 53.6 Å². The molecule has 0 amide bonds. The fourth-order valence-corrected chi connectivity index (χ4v) is 3.59. The fraction of sp³-hybridized carbons (Fsp3) is 0.286. The molecule has 1 aliphatic rings. The van der Waals surface area contributed by atoms with Crippen LogP contribution in [0.1, 0.15) is 25.7 Å². The van der Waals surface area contributed by atoms with Gasteiger partial charge in [0.15, 0.2) is 5.82 Å². The molecule has 4 rings (SSSR count). The van der Waals surface area contributed by atoms with Gasteiger partial charge in [0.05, 0.1) is 17.8 Å². The van der Waals surface area contributed by atoms with Crippen molar-refractivity contribution in [1.82, 2.24) is 19.5 Å². The Morgan fingerprint density at radius 2 is 1.90 bits per heavy atom. The first-order valence-corrected chi connectivity index (χ1v) is 9.68. The molecule has 8 nitrogen and oxygen atoms in total. The number of nitrogens with one attached hydrogen (secondary N) is 1. The van der Waals surface area contributed by atoms with Gasteiger partial charge in [-0.3, -0.25) is 14.2 Å². The summed E-state index contributed by atoms with van der Waals surface area (Å²) in [5.74, 6) is -1.09. The van der Waals surface area contributed by atoms with Crippen LogP contribution < -0.4 is 10.9 Å². The Morgan fingerprint density at radius 3 is 2.63 bits per heavy atom. The third kappa shape index (κ3) is 4.19. The van der Waals surface area contributed by atoms with E-state index in [-0.39, 0.29) is 34.9 Å². The van der Waals surface area contributed by atoms with E-state index in [4.69, 9.17) is 5.11 Å². The van der Waals surface area contributed by atoms with Gasteiger partial charge < -0.3 is 10.4 Å². The summed E-state index contributed by atoms with van der Waals surface area (Å²) in [5, 5.41) is 12.3. The van der Waals surface area contributed by atoms with Gasteiger partial charge in [-0.05, 0) is 43.9 Å². The zero-order valence-corrected chi connectivity index (χ0v) is 16.0. The fourth-order valence-electron chi connectivity index (χ4n) is 3.59. The Balaban J connectivity index is 1.57. The largest absolute Gasteiger partial charge is 0.481 e. The summed E-state index contributed by atoms with van der Waals surface area (Å²) in [7, 11) is 0. The van der Waals surface area contributed by atoms with Gasteiger partial charge in [-0.15, -0.1) is 0 Å². The highest BCUT2D eigenvalue weighted by atomic mass is 19.1.